The highest BCUT2D eigenvalue weighted by molar-refractivity contribution is 5.82. The molecule has 0 saturated carbocycles. The van der Waals surface area contributed by atoms with Crippen LogP contribution in [0, 0.1) is 5.92 Å². The van der Waals surface area contributed by atoms with Crippen molar-refractivity contribution in [1.29, 1.82) is 0 Å². The molecule has 1 N–H and O–H groups in total. The summed E-state index contributed by atoms with van der Waals surface area (Å²) in [6.45, 7) is 4.78. The molecule has 2 aliphatic heterocycles. The Kier molecular flexibility index (Phi) is 5.69. The molecule has 2 saturated heterocycles. The molecule has 1 amide bonds. The summed E-state index contributed by atoms with van der Waals surface area (Å²) in [4.78, 5) is 26.8. The number of carbonyl (C=O) groups excluding carboxylic acids is 1. The lowest BCUT2D eigenvalue weighted by Gasteiger charge is -2.32. The van der Waals surface area contributed by atoms with E-state index in [1.54, 1.807) is 18.3 Å². The van der Waals surface area contributed by atoms with E-state index in [4.69, 9.17) is 4.74 Å². The average molecular weight is 396 g/mol. The minimum Gasteiger partial charge on any atom is -0.497 e. The van der Waals surface area contributed by atoms with Crippen molar-refractivity contribution in [2.75, 3.05) is 68.5 Å². The van der Waals surface area contributed by atoms with Gasteiger partial charge in [0.05, 0.1) is 13.7 Å². The Morgan fingerprint density at radius 2 is 2.07 bits per heavy atom. The molecule has 1 aromatic heterocycles. The topological polar surface area (TPSA) is 73.8 Å². The van der Waals surface area contributed by atoms with Crippen LogP contribution in [0.25, 0.3) is 0 Å². The first kappa shape index (κ1) is 19.3. The molecular formula is C21H28N6O2. The van der Waals surface area contributed by atoms with Crippen molar-refractivity contribution in [1.82, 2.24) is 14.9 Å². The molecule has 8 heteroatoms. The number of aromatic nitrogens is 2. The van der Waals surface area contributed by atoms with Gasteiger partial charge in [0, 0.05) is 57.6 Å². The van der Waals surface area contributed by atoms with Crippen molar-refractivity contribution in [3.05, 3.63) is 36.7 Å². The fourth-order valence-electron chi connectivity index (χ4n) is 3.86. The maximum absolute atomic E-state index is 12.0. The molecule has 3 heterocycles. The van der Waals surface area contributed by atoms with Crippen LogP contribution in [-0.2, 0) is 4.79 Å². The Morgan fingerprint density at radius 1 is 1.17 bits per heavy atom. The summed E-state index contributed by atoms with van der Waals surface area (Å²) in [6.07, 6.45) is 2.70. The second kappa shape index (κ2) is 8.55. The Balaban J connectivity index is 1.32. The molecule has 0 bridgehead atoms. The summed E-state index contributed by atoms with van der Waals surface area (Å²) in [7, 11) is 3.53. The van der Waals surface area contributed by atoms with E-state index in [1.807, 2.05) is 30.1 Å². The standard InChI is InChI=1S/C21H28N6O2/c1-25-8-9-27(14-21(25)28)20-11-19(23-15-24-20)22-12-16-6-7-26(13-16)17-4-3-5-18(10-17)29-2/h3-5,10-11,15-16H,6-9,12-14H2,1-2H3,(H,22,23,24). The number of hydrogen-bond donors (Lipinski definition) is 1. The molecule has 0 aliphatic carbocycles. The Morgan fingerprint density at radius 3 is 2.90 bits per heavy atom. The van der Waals surface area contributed by atoms with Crippen molar-refractivity contribution in [2.24, 2.45) is 5.92 Å². The zero-order valence-electron chi connectivity index (χ0n) is 17.0. The van der Waals surface area contributed by atoms with Crippen LogP contribution in [0.4, 0.5) is 17.3 Å². The lowest BCUT2D eigenvalue weighted by molar-refractivity contribution is -0.129. The highest BCUT2D eigenvalue weighted by Gasteiger charge is 2.24. The summed E-state index contributed by atoms with van der Waals surface area (Å²) >= 11 is 0. The maximum Gasteiger partial charge on any atom is 0.241 e. The summed E-state index contributed by atoms with van der Waals surface area (Å²) in [5.41, 5.74) is 1.20. The number of nitrogens with zero attached hydrogens (tertiary/aromatic N) is 5. The molecule has 2 fully saturated rings. The van der Waals surface area contributed by atoms with E-state index in [2.05, 4.69) is 32.3 Å². The van der Waals surface area contributed by atoms with E-state index in [-0.39, 0.29) is 5.91 Å². The Hall–Kier alpha value is -3.03. The molecule has 4 rings (SSSR count). The molecule has 1 aromatic carbocycles. The number of anilines is 3. The van der Waals surface area contributed by atoms with Gasteiger partial charge in [0.25, 0.3) is 0 Å². The number of ether oxygens (including phenoxy) is 1. The monoisotopic (exact) mass is 396 g/mol. The van der Waals surface area contributed by atoms with Crippen LogP contribution in [0.5, 0.6) is 5.75 Å². The van der Waals surface area contributed by atoms with Gasteiger partial charge in [-0.05, 0) is 24.5 Å². The van der Waals surface area contributed by atoms with Crippen molar-refractivity contribution in [3.8, 4) is 5.75 Å². The number of methoxy groups -OCH3 is 1. The molecule has 2 aromatic rings. The van der Waals surface area contributed by atoms with Gasteiger partial charge in [-0.2, -0.15) is 0 Å². The largest absolute Gasteiger partial charge is 0.497 e. The summed E-state index contributed by atoms with van der Waals surface area (Å²) < 4.78 is 5.34. The fraction of sp³-hybridized carbons (Fsp3) is 0.476. The van der Waals surface area contributed by atoms with E-state index in [0.717, 1.165) is 50.0 Å². The van der Waals surface area contributed by atoms with Gasteiger partial charge in [-0.1, -0.05) is 6.07 Å². The second-order valence-electron chi connectivity index (χ2n) is 7.68. The summed E-state index contributed by atoms with van der Waals surface area (Å²) in [5.74, 6) is 3.16. The number of amides is 1. The van der Waals surface area contributed by atoms with E-state index in [0.29, 0.717) is 19.0 Å². The van der Waals surface area contributed by atoms with Crippen LogP contribution in [0.3, 0.4) is 0 Å². The van der Waals surface area contributed by atoms with Gasteiger partial charge >= 0.3 is 0 Å². The first-order valence-electron chi connectivity index (χ1n) is 10.1. The number of nitrogens with one attached hydrogen (secondary N) is 1. The lowest BCUT2D eigenvalue weighted by atomic mass is 10.1. The van der Waals surface area contributed by atoms with Crippen molar-refractivity contribution < 1.29 is 9.53 Å². The number of hydrogen-bond acceptors (Lipinski definition) is 7. The number of carbonyl (C=O) groups is 1. The third-order valence-corrected chi connectivity index (χ3v) is 5.71. The molecular weight excluding hydrogens is 368 g/mol. The number of piperazine rings is 1. The second-order valence-corrected chi connectivity index (χ2v) is 7.68. The molecule has 0 spiro atoms. The van der Waals surface area contributed by atoms with Gasteiger partial charge in [-0.25, -0.2) is 9.97 Å². The minimum atomic E-state index is 0.118. The van der Waals surface area contributed by atoms with Crippen LogP contribution in [0.15, 0.2) is 36.7 Å². The van der Waals surface area contributed by atoms with E-state index < -0.39 is 0 Å². The molecule has 1 atom stereocenters. The highest BCUT2D eigenvalue weighted by atomic mass is 16.5. The third-order valence-electron chi connectivity index (χ3n) is 5.71. The molecule has 154 valence electrons. The normalized spacial score (nSPS) is 19.6. The Bertz CT molecular complexity index is 861. The van der Waals surface area contributed by atoms with Crippen LogP contribution in [0.2, 0.25) is 0 Å². The lowest BCUT2D eigenvalue weighted by Crippen LogP contribution is -2.48. The summed E-state index contributed by atoms with van der Waals surface area (Å²) in [6, 6.07) is 10.2. The van der Waals surface area contributed by atoms with Gasteiger partial charge in [0.1, 0.15) is 23.7 Å². The smallest absolute Gasteiger partial charge is 0.241 e. The zero-order valence-corrected chi connectivity index (χ0v) is 17.0. The van der Waals surface area contributed by atoms with Crippen LogP contribution in [0.1, 0.15) is 6.42 Å². The van der Waals surface area contributed by atoms with E-state index in [1.165, 1.54) is 5.69 Å². The molecule has 2 aliphatic rings. The van der Waals surface area contributed by atoms with Gasteiger partial charge < -0.3 is 24.8 Å². The summed E-state index contributed by atoms with van der Waals surface area (Å²) in [5, 5.41) is 3.46. The zero-order chi connectivity index (χ0) is 20.2. The number of benzene rings is 1. The SMILES string of the molecule is COc1cccc(N2CCC(CNc3cc(N4CCN(C)C(=O)C4)ncn3)C2)c1. The van der Waals surface area contributed by atoms with Crippen molar-refractivity contribution >= 4 is 23.2 Å². The first-order valence-corrected chi connectivity index (χ1v) is 10.1. The highest BCUT2D eigenvalue weighted by Crippen LogP contribution is 2.27. The Labute approximate surface area is 171 Å². The predicted molar refractivity (Wildman–Crippen MR) is 114 cm³/mol. The maximum atomic E-state index is 12.0. The predicted octanol–water partition coefficient (Wildman–Crippen LogP) is 1.70. The van der Waals surface area contributed by atoms with E-state index in [9.17, 15) is 4.79 Å². The number of likely N-dealkylation sites (N-methyl/N-ethyl adjacent to an activating group) is 1. The molecule has 0 radical (unpaired) electrons. The molecule has 8 nitrogen and oxygen atoms in total. The molecule has 29 heavy (non-hydrogen) atoms. The number of rotatable bonds is 6. The van der Waals surface area contributed by atoms with Gasteiger partial charge in [-0.3, -0.25) is 4.79 Å². The van der Waals surface area contributed by atoms with Crippen molar-refractivity contribution in [3.63, 3.8) is 0 Å². The average Bonchev–Trinajstić information content (AvgIpc) is 3.24. The van der Waals surface area contributed by atoms with Gasteiger partial charge in [-0.15, -0.1) is 0 Å². The molecule has 1 unspecified atom stereocenters. The van der Waals surface area contributed by atoms with Gasteiger partial charge in [0.2, 0.25) is 5.91 Å². The fourth-order valence-corrected chi connectivity index (χ4v) is 3.86. The van der Waals surface area contributed by atoms with E-state index >= 15 is 0 Å². The minimum absolute atomic E-state index is 0.118. The van der Waals surface area contributed by atoms with Crippen molar-refractivity contribution in [2.45, 2.75) is 6.42 Å². The third kappa shape index (κ3) is 4.52. The van der Waals surface area contributed by atoms with Gasteiger partial charge in [0.15, 0.2) is 0 Å². The first-order chi connectivity index (χ1) is 14.1. The quantitative estimate of drug-likeness (QED) is 0.797. The van der Waals surface area contributed by atoms with Crippen LogP contribution < -0.4 is 19.9 Å². The van der Waals surface area contributed by atoms with Crippen LogP contribution >= 0.6 is 0 Å². The van der Waals surface area contributed by atoms with Crippen LogP contribution in [-0.4, -0.2) is 74.2 Å².